The van der Waals surface area contributed by atoms with Gasteiger partial charge < -0.3 is 4.74 Å². The fourth-order valence-electron chi connectivity index (χ4n) is 2.99. The monoisotopic (exact) mass is 343 g/mol. The van der Waals surface area contributed by atoms with Crippen LogP contribution in [0.25, 0.3) is 0 Å². The van der Waals surface area contributed by atoms with E-state index in [1.807, 2.05) is 0 Å². The minimum atomic E-state index is -0.787. The zero-order valence-corrected chi connectivity index (χ0v) is 17.1. The normalized spacial score (nSPS) is 11.5. The number of carbonyl (C=O) groups excluding carboxylic acids is 1. The van der Waals surface area contributed by atoms with Crippen molar-refractivity contribution in [1.29, 1.82) is 0 Å². The van der Waals surface area contributed by atoms with E-state index in [1.165, 1.54) is 69.6 Å². The van der Waals surface area contributed by atoms with Crippen molar-refractivity contribution in [3.05, 3.63) is 12.2 Å². The van der Waals surface area contributed by atoms with Crippen LogP contribution in [0.5, 0.6) is 0 Å². The predicted octanol–water partition coefficient (Wildman–Crippen LogP) is 6.30. The third-order valence-electron chi connectivity index (χ3n) is 4.57. The maximum Gasteiger partial charge on any atom is 0.333 e. The van der Waals surface area contributed by atoms with Gasteiger partial charge in [0.05, 0.1) is 31.3 Å². The van der Waals surface area contributed by atoms with E-state index in [0.717, 1.165) is 6.42 Å². The second-order valence-corrected chi connectivity index (χ2v) is 11.4. The lowest BCUT2D eigenvalue weighted by Crippen LogP contribution is -2.14. The lowest BCUT2D eigenvalue weighted by atomic mass is 10.3. The zero-order valence-electron chi connectivity index (χ0n) is 16.2. The van der Waals surface area contributed by atoms with Gasteiger partial charge in [-0.3, -0.25) is 0 Å². The quantitative estimate of drug-likeness (QED) is 0.151. The number of unbranched alkanes of at least 4 members (excludes halogenated alkanes) is 4. The lowest BCUT2D eigenvalue weighted by molar-refractivity contribution is -0.139. The SMILES string of the molecule is C=C(C)C(=O)OCCCC[P+](CCCC)(CCCC)CCCC. The molecule has 0 unspecified atom stereocenters. The summed E-state index contributed by atoms with van der Waals surface area (Å²) in [5.41, 5.74) is 0.501. The highest BCUT2D eigenvalue weighted by Gasteiger charge is 2.34. The Morgan fingerprint density at radius 3 is 1.65 bits per heavy atom. The van der Waals surface area contributed by atoms with Gasteiger partial charge >= 0.3 is 5.97 Å². The second kappa shape index (κ2) is 14.0. The van der Waals surface area contributed by atoms with Gasteiger partial charge in [-0.15, -0.1) is 0 Å². The molecule has 0 heterocycles. The van der Waals surface area contributed by atoms with E-state index in [9.17, 15) is 4.79 Å². The molecule has 3 heteroatoms. The summed E-state index contributed by atoms with van der Waals surface area (Å²) in [7, 11) is -0.787. The van der Waals surface area contributed by atoms with Gasteiger partial charge in [0, 0.05) is 12.8 Å². The fourth-order valence-corrected chi connectivity index (χ4v) is 8.19. The third kappa shape index (κ3) is 10.9. The van der Waals surface area contributed by atoms with Crippen LogP contribution in [0.1, 0.15) is 79.1 Å². The van der Waals surface area contributed by atoms with Crippen molar-refractivity contribution in [2.75, 3.05) is 31.3 Å². The van der Waals surface area contributed by atoms with Crippen molar-refractivity contribution in [2.24, 2.45) is 0 Å². The molecular formula is C20H40O2P+. The first-order valence-electron chi connectivity index (χ1n) is 9.69. The third-order valence-corrected chi connectivity index (χ3v) is 9.63. The van der Waals surface area contributed by atoms with Crippen LogP contribution in [0.3, 0.4) is 0 Å². The summed E-state index contributed by atoms with van der Waals surface area (Å²) in [4.78, 5) is 11.4. The summed E-state index contributed by atoms with van der Waals surface area (Å²) < 4.78 is 5.24. The van der Waals surface area contributed by atoms with Gasteiger partial charge in [0.15, 0.2) is 0 Å². The molecule has 0 saturated carbocycles. The second-order valence-electron chi connectivity index (χ2n) is 6.92. The van der Waals surface area contributed by atoms with E-state index in [1.54, 1.807) is 6.92 Å². The largest absolute Gasteiger partial charge is 0.462 e. The first-order chi connectivity index (χ1) is 11.0. The minimum absolute atomic E-state index is 0.242. The van der Waals surface area contributed by atoms with Crippen LogP contribution in [-0.4, -0.2) is 37.2 Å². The van der Waals surface area contributed by atoms with E-state index in [0.29, 0.717) is 12.2 Å². The van der Waals surface area contributed by atoms with Crippen LogP contribution in [-0.2, 0) is 9.53 Å². The highest BCUT2D eigenvalue weighted by molar-refractivity contribution is 7.75. The van der Waals surface area contributed by atoms with Crippen molar-refractivity contribution in [3.63, 3.8) is 0 Å². The van der Waals surface area contributed by atoms with Gasteiger partial charge in [-0.1, -0.05) is 46.6 Å². The molecule has 0 atom stereocenters. The molecule has 0 aromatic rings. The van der Waals surface area contributed by atoms with E-state index in [-0.39, 0.29) is 5.97 Å². The Bertz CT molecular complexity index is 304. The molecule has 0 bridgehead atoms. The molecule has 0 aliphatic rings. The van der Waals surface area contributed by atoms with Crippen molar-refractivity contribution in [1.82, 2.24) is 0 Å². The number of ether oxygens (including phenoxy) is 1. The molecule has 0 aliphatic carbocycles. The van der Waals surface area contributed by atoms with Gasteiger partial charge in [0.25, 0.3) is 0 Å². The molecular weight excluding hydrogens is 303 g/mol. The molecule has 0 rings (SSSR count). The van der Waals surface area contributed by atoms with E-state index in [2.05, 4.69) is 27.4 Å². The molecule has 0 aromatic carbocycles. The van der Waals surface area contributed by atoms with Crippen LogP contribution in [0.15, 0.2) is 12.2 Å². The first kappa shape index (κ1) is 22.6. The maximum absolute atomic E-state index is 11.4. The van der Waals surface area contributed by atoms with E-state index < -0.39 is 7.26 Å². The average Bonchev–Trinajstić information content (AvgIpc) is 2.55. The van der Waals surface area contributed by atoms with Crippen LogP contribution in [0.2, 0.25) is 0 Å². The Morgan fingerprint density at radius 1 is 0.826 bits per heavy atom. The molecule has 0 aromatic heterocycles. The van der Waals surface area contributed by atoms with Gasteiger partial charge in [0.2, 0.25) is 0 Å². The molecule has 2 nitrogen and oxygen atoms in total. The number of rotatable bonds is 15. The highest BCUT2D eigenvalue weighted by Crippen LogP contribution is 2.61. The van der Waals surface area contributed by atoms with Crippen LogP contribution in [0.4, 0.5) is 0 Å². The number of hydrogen-bond donors (Lipinski definition) is 0. The zero-order chi connectivity index (χ0) is 17.6. The Kier molecular flexibility index (Phi) is 13.8. The summed E-state index contributed by atoms with van der Waals surface area (Å²) in [5.74, 6) is -0.242. The van der Waals surface area contributed by atoms with Gasteiger partial charge in [0.1, 0.15) is 0 Å². The van der Waals surface area contributed by atoms with Crippen LogP contribution >= 0.6 is 7.26 Å². The molecule has 0 fully saturated rings. The molecule has 136 valence electrons. The Labute approximate surface area is 145 Å². The molecule has 23 heavy (non-hydrogen) atoms. The fraction of sp³-hybridized carbons (Fsp3) is 0.850. The van der Waals surface area contributed by atoms with Crippen molar-refractivity contribution < 1.29 is 9.53 Å². The van der Waals surface area contributed by atoms with Crippen molar-refractivity contribution >= 4 is 13.2 Å². The smallest absolute Gasteiger partial charge is 0.333 e. The molecule has 0 aliphatic heterocycles. The summed E-state index contributed by atoms with van der Waals surface area (Å²) in [6, 6.07) is 0. The van der Waals surface area contributed by atoms with Crippen LogP contribution in [0, 0.1) is 0 Å². The van der Waals surface area contributed by atoms with E-state index >= 15 is 0 Å². The average molecular weight is 344 g/mol. The Morgan fingerprint density at radius 2 is 1.26 bits per heavy atom. The molecule has 0 N–H and O–H groups in total. The molecule has 0 spiro atoms. The Hall–Kier alpha value is -0.360. The van der Waals surface area contributed by atoms with Crippen LogP contribution < -0.4 is 0 Å². The van der Waals surface area contributed by atoms with E-state index in [4.69, 9.17) is 4.74 Å². The predicted molar refractivity (Wildman–Crippen MR) is 106 cm³/mol. The number of esters is 1. The number of carbonyl (C=O) groups is 1. The van der Waals surface area contributed by atoms with Crippen molar-refractivity contribution in [2.45, 2.75) is 79.1 Å². The maximum atomic E-state index is 11.4. The summed E-state index contributed by atoms with van der Waals surface area (Å²) in [6.07, 6.45) is 16.2. The highest BCUT2D eigenvalue weighted by atomic mass is 31.2. The topological polar surface area (TPSA) is 26.3 Å². The molecule has 0 saturated heterocycles. The number of hydrogen-bond acceptors (Lipinski definition) is 2. The lowest BCUT2D eigenvalue weighted by Gasteiger charge is -2.28. The van der Waals surface area contributed by atoms with Gasteiger partial charge in [-0.25, -0.2) is 4.79 Å². The standard InChI is InChI=1S/C20H40O2P/c1-6-9-15-23(16-10-7-2,17-11-8-3)18-13-12-14-22-20(21)19(4)5/h4,6-18H2,1-3,5H3/q+1. The summed E-state index contributed by atoms with van der Waals surface area (Å²) >= 11 is 0. The molecule has 0 amide bonds. The molecule has 0 radical (unpaired) electrons. The van der Waals surface area contributed by atoms with Gasteiger partial charge in [-0.2, -0.15) is 0 Å². The summed E-state index contributed by atoms with van der Waals surface area (Å²) in [5, 5.41) is 0. The summed E-state index contributed by atoms with van der Waals surface area (Å²) in [6.45, 7) is 12.8. The van der Waals surface area contributed by atoms with Gasteiger partial charge in [-0.05, 0) is 39.0 Å². The first-order valence-corrected chi connectivity index (χ1v) is 12.2. The van der Waals surface area contributed by atoms with Crippen molar-refractivity contribution in [3.8, 4) is 0 Å². The minimum Gasteiger partial charge on any atom is -0.462 e. The Balaban J connectivity index is 4.40.